The van der Waals surface area contributed by atoms with Crippen molar-refractivity contribution < 1.29 is 44.7 Å². The van der Waals surface area contributed by atoms with Crippen LogP contribution in [0.1, 0.15) is 37.4 Å². The second kappa shape index (κ2) is 9.46. The van der Waals surface area contributed by atoms with E-state index in [1.807, 2.05) is 11.6 Å². The number of benzene rings is 1. The summed E-state index contributed by atoms with van der Waals surface area (Å²) in [5.41, 5.74) is -6.99. The molecule has 0 bridgehead atoms. The third kappa shape index (κ3) is 5.76. The molecule has 0 saturated heterocycles. The van der Waals surface area contributed by atoms with Gasteiger partial charge in [0.2, 0.25) is 5.91 Å². The third-order valence-electron chi connectivity index (χ3n) is 4.38. The molecule has 1 heterocycles. The first kappa shape index (κ1) is 26.9. The number of nitrogens with zero attached hydrogens (tertiary/aromatic N) is 1. The van der Waals surface area contributed by atoms with Gasteiger partial charge in [0.1, 0.15) is 0 Å². The summed E-state index contributed by atoms with van der Waals surface area (Å²) in [6.45, 7) is 3.24. The lowest BCUT2D eigenvalue weighted by molar-refractivity contribution is -0.376. The van der Waals surface area contributed by atoms with Crippen LogP contribution in [0, 0.1) is 6.92 Å². The lowest BCUT2D eigenvalue weighted by atomic mass is 9.92. The average molecular weight is 519 g/mol. The molecule has 15 heteroatoms. The molecule has 2 rings (SSSR count). The van der Waals surface area contributed by atoms with E-state index in [0.717, 1.165) is 6.42 Å². The Balaban J connectivity index is 2.27. The first-order valence-corrected chi connectivity index (χ1v) is 11.6. The van der Waals surface area contributed by atoms with Crippen molar-refractivity contribution in [2.24, 2.45) is 0 Å². The van der Waals surface area contributed by atoms with Crippen molar-refractivity contribution in [1.29, 1.82) is 0 Å². The van der Waals surface area contributed by atoms with Crippen LogP contribution in [0.25, 0.3) is 0 Å². The van der Waals surface area contributed by atoms with Gasteiger partial charge in [-0.15, -0.1) is 0 Å². The van der Waals surface area contributed by atoms with Crippen LogP contribution < -0.4 is 10.0 Å². The number of anilines is 2. The molecule has 0 unspecified atom stereocenters. The molecule has 0 radical (unpaired) electrons. The second-order valence-corrected chi connectivity index (χ2v) is 9.81. The van der Waals surface area contributed by atoms with Crippen molar-refractivity contribution >= 4 is 38.1 Å². The molecular formula is C18H19F6N3O4S2. The number of sulfonamides is 1. The van der Waals surface area contributed by atoms with Gasteiger partial charge in [0.15, 0.2) is 9.34 Å². The summed E-state index contributed by atoms with van der Waals surface area (Å²) in [5.74, 6) is -0.361. The molecule has 0 aliphatic rings. The highest BCUT2D eigenvalue weighted by Crippen LogP contribution is 2.50. The summed E-state index contributed by atoms with van der Waals surface area (Å²) in [7, 11) is -4.33. The van der Waals surface area contributed by atoms with E-state index in [-0.39, 0.29) is 33.1 Å². The maximum Gasteiger partial charge on any atom is 0.430 e. The Morgan fingerprint density at radius 3 is 2.12 bits per heavy atom. The Bertz CT molecular complexity index is 1080. The third-order valence-corrected chi connectivity index (χ3v) is 7.44. The Labute approximate surface area is 188 Å². The topological polar surface area (TPSA) is 108 Å². The fourth-order valence-corrected chi connectivity index (χ4v) is 5.16. The number of hydrogen-bond donors (Lipinski definition) is 3. The van der Waals surface area contributed by atoms with Crippen molar-refractivity contribution in [3.63, 3.8) is 0 Å². The van der Waals surface area contributed by atoms with E-state index in [2.05, 4.69) is 10.3 Å². The molecular weight excluding hydrogens is 500 g/mol. The number of hydrogen-bond acceptors (Lipinski definition) is 6. The molecule has 0 atom stereocenters. The zero-order chi connectivity index (χ0) is 25.2. The molecule has 1 aromatic carbocycles. The summed E-state index contributed by atoms with van der Waals surface area (Å²) >= 11 is 0.631. The number of alkyl halides is 6. The zero-order valence-electron chi connectivity index (χ0n) is 17.1. The molecule has 0 fully saturated rings. The zero-order valence-corrected chi connectivity index (χ0v) is 18.8. The van der Waals surface area contributed by atoms with Crippen molar-refractivity contribution in [1.82, 2.24) is 4.98 Å². The standard InChI is InChI=1S/C18H19F6N3O4S2/c1-3-4-5-13(28)26-15-25-10(2)14(32-15)33(30,31)27-12-8-6-11(7-9-12)16(29,17(19,20)21)18(22,23)24/h6-9,27,29H,3-5H2,1-2H3,(H,25,26,28). The van der Waals surface area contributed by atoms with Gasteiger partial charge in [0.05, 0.1) is 5.69 Å². The van der Waals surface area contributed by atoms with Crippen LogP contribution in [-0.2, 0) is 20.4 Å². The smallest absolute Gasteiger partial charge is 0.369 e. The van der Waals surface area contributed by atoms with E-state index in [1.165, 1.54) is 6.92 Å². The summed E-state index contributed by atoms with van der Waals surface area (Å²) in [6, 6.07) is 1.94. The van der Waals surface area contributed by atoms with Crippen LogP contribution in [0.15, 0.2) is 28.5 Å². The number of aryl methyl sites for hydroxylation is 1. The number of nitrogens with one attached hydrogen (secondary N) is 2. The lowest BCUT2D eigenvalue weighted by Gasteiger charge is -2.32. The van der Waals surface area contributed by atoms with Crippen molar-refractivity contribution in [3.8, 4) is 0 Å². The quantitative estimate of drug-likeness (QED) is 0.439. The number of halogens is 6. The van der Waals surface area contributed by atoms with Gasteiger partial charge in [0.25, 0.3) is 15.6 Å². The summed E-state index contributed by atoms with van der Waals surface area (Å²) < 4.78 is 105. The van der Waals surface area contributed by atoms with Crippen LogP contribution in [0.5, 0.6) is 0 Å². The first-order valence-electron chi connectivity index (χ1n) is 9.29. The predicted octanol–water partition coefficient (Wildman–Crippen LogP) is 4.69. The fourth-order valence-electron chi connectivity index (χ4n) is 2.67. The van der Waals surface area contributed by atoms with Gasteiger partial charge < -0.3 is 10.4 Å². The van der Waals surface area contributed by atoms with Gasteiger partial charge in [-0.05, 0) is 25.5 Å². The number of carbonyl (C=O) groups excluding carboxylic acids is 1. The molecule has 0 aliphatic carbocycles. The molecule has 1 aromatic heterocycles. The van der Waals surface area contributed by atoms with Crippen LogP contribution in [0.4, 0.5) is 37.2 Å². The monoisotopic (exact) mass is 519 g/mol. The number of thiazole rings is 1. The number of aliphatic hydroxyl groups is 1. The molecule has 1 amide bonds. The van der Waals surface area contributed by atoms with Gasteiger partial charge in [-0.2, -0.15) is 26.3 Å². The molecule has 2 aromatic rings. The van der Waals surface area contributed by atoms with Crippen molar-refractivity contribution in [2.45, 2.75) is 55.3 Å². The van der Waals surface area contributed by atoms with E-state index in [9.17, 15) is 44.7 Å². The van der Waals surface area contributed by atoms with Crippen molar-refractivity contribution in [2.75, 3.05) is 10.0 Å². The van der Waals surface area contributed by atoms with E-state index < -0.39 is 33.5 Å². The van der Waals surface area contributed by atoms with Gasteiger partial charge in [-0.1, -0.05) is 36.8 Å². The molecule has 184 valence electrons. The van der Waals surface area contributed by atoms with Crippen molar-refractivity contribution in [3.05, 3.63) is 35.5 Å². The molecule has 0 saturated carbocycles. The number of amides is 1. The SMILES string of the molecule is CCCCC(=O)Nc1nc(C)c(S(=O)(=O)Nc2ccc(C(O)(C(F)(F)F)C(F)(F)F)cc2)s1. The number of carbonyl (C=O) groups is 1. The molecule has 3 N–H and O–H groups in total. The summed E-state index contributed by atoms with van der Waals surface area (Å²) in [6.07, 6.45) is -10.5. The maximum atomic E-state index is 13.0. The Hall–Kier alpha value is -2.39. The Morgan fingerprint density at radius 1 is 1.09 bits per heavy atom. The van der Waals surface area contributed by atoms with E-state index >= 15 is 0 Å². The van der Waals surface area contributed by atoms with E-state index in [0.29, 0.717) is 42.0 Å². The Kier molecular flexibility index (Phi) is 7.70. The number of aromatic nitrogens is 1. The van der Waals surface area contributed by atoms with Gasteiger partial charge >= 0.3 is 12.4 Å². The highest BCUT2D eigenvalue weighted by molar-refractivity contribution is 7.94. The summed E-state index contributed by atoms with van der Waals surface area (Å²) in [4.78, 5) is 15.7. The number of unbranched alkanes of at least 4 members (excludes halogenated alkanes) is 1. The van der Waals surface area contributed by atoms with Gasteiger partial charge in [-0.25, -0.2) is 13.4 Å². The highest BCUT2D eigenvalue weighted by atomic mass is 32.2. The Morgan fingerprint density at radius 2 is 1.64 bits per heavy atom. The molecule has 0 spiro atoms. The van der Waals surface area contributed by atoms with E-state index in [4.69, 9.17) is 0 Å². The summed E-state index contributed by atoms with van der Waals surface area (Å²) in [5, 5.41) is 11.9. The average Bonchev–Trinajstić information content (AvgIpc) is 3.05. The molecule has 33 heavy (non-hydrogen) atoms. The first-order chi connectivity index (χ1) is 15.0. The minimum atomic E-state index is -6.07. The van der Waals surface area contributed by atoms with E-state index in [1.54, 1.807) is 0 Å². The largest absolute Gasteiger partial charge is 0.430 e. The van der Waals surface area contributed by atoms with Crippen LogP contribution in [-0.4, -0.2) is 36.8 Å². The van der Waals surface area contributed by atoms with Crippen LogP contribution in [0.2, 0.25) is 0 Å². The lowest BCUT2D eigenvalue weighted by Crippen LogP contribution is -2.53. The minimum Gasteiger partial charge on any atom is -0.369 e. The van der Waals surface area contributed by atoms with Crippen LogP contribution in [0.3, 0.4) is 0 Å². The van der Waals surface area contributed by atoms with Gasteiger partial charge in [-0.3, -0.25) is 9.52 Å². The minimum absolute atomic E-state index is 0.0183. The number of rotatable bonds is 8. The van der Waals surface area contributed by atoms with Gasteiger partial charge in [0, 0.05) is 17.7 Å². The highest BCUT2D eigenvalue weighted by Gasteiger charge is 2.71. The fraction of sp³-hybridized carbons (Fsp3) is 0.444. The molecule has 0 aliphatic heterocycles. The van der Waals surface area contributed by atoms with Crippen LogP contribution >= 0.6 is 11.3 Å². The maximum absolute atomic E-state index is 13.0. The normalized spacial score (nSPS) is 13.1. The molecule has 7 nitrogen and oxygen atoms in total. The predicted molar refractivity (Wildman–Crippen MR) is 108 cm³/mol. The second-order valence-electron chi connectivity index (χ2n) is 6.93.